The molecule has 0 unspecified atom stereocenters. The fourth-order valence-electron chi connectivity index (χ4n) is 3.74. The van der Waals surface area contributed by atoms with Gasteiger partial charge in [0.25, 0.3) is 5.91 Å². The predicted molar refractivity (Wildman–Crippen MR) is 107 cm³/mol. The molecule has 2 aliphatic heterocycles. The summed E-state index contributed by atoms with van der Waals surface area (Å²) in [5.41, 5.74) is 3.21. The lowest BCUT2D eigenvalue weighted by atomic mass is 10.1. The Hall–Kier alpha value is -2.60. The first-order chi connectivity index (χ1) is 13.2. The minimum absolute atomic E-state index is 0.0699. The summed E-state index contributed by atoms with van der Waals surface area (Å²) in [7, 11) is 0. The van der Waals surface area contributed by atoms with Gasteiger partial charge in [0.15, 0.2) is 0 Å². The number of rotatable bonds is 3. The molecule has 3 heterocycles. The first-order valence-corrected chi connectivity index (χ1v) is 9.61. The molecule has 4 rings (SSSR count). The molecule has 1 aromatic carbocycles. The number of aryl methyl sites for hydroxylation is 1. The van der Waals surface area contributed by atoms with Crippen LogP contribution in [0, 0.1) is 6.92 Å². The molecular weight excluding hydrogens is 340 g/mol. The van der Waals surface area contributed by atoms with Crippen molar-refractivity contribution in [2.24, 2.45) is 0 Å². The monoisotopic (exact) mass is 366 g/mol. The molecule has 0 saturated carbocycles. The number of para-hydroxylation sites is 1. The zero-order valence-electron chi connectivity index (χ0n) is 15.8. The number of nitrogens with zero attached hydrogens (tertiary/aromatic N) is 4. The highest BCUT2D eigenvalue weighted by Gasteiger charge is 2.23. The van der Waals surface area contributed by atoms with Crippen molar-refractivity contribution in [2.45, 2.75) is 6.92 Å². The number of ether oxygens (including phenoxy) is 1. The fraction of sp³-hybridized carbons (Fsp3) is 0.429. The van der Waals surface area contributed by atoms with Crippen LogP contribution in [0.2, 0.25) is 0 Å². The Morgan fingerprint density at radius 2 is 1.67 bits per heavy atom. The summed E-state index contributed by atoms with van der Waals surface area (Å²) in [5.74, 6) is 0.986. The Bertz CT molecular complexity index is 779. The molecule has 0 bridgehead atoms. The van der Waals surface area contributed by atoms with Crippen LogP contribution in [0.5, 0.6) is 0 Å². The predicted octanol–water partition coefficient (Wildman–Crippen LogP) is 2.19. The topological polar surface area (TPSA) is 48.9 Å². The number of morpholine rings is 1. The highest BCUT2D eigenvalue weighted by atomic mass is 16.5. The van der Waals surface area contributed by atoms with Gasteiger partial charge in [0, 0.05) is 51.2 Å². The molecule has 1 amide bonds. The lowest BCUT2D eigenvalue weighted by molar-refractivity contribution is 0.0746. The van der Waals surface area contributed by atoms with E-state index in [1.807, 2.05) is 17.0 Å². The average Bonchev–Trinajstić information content (AvgIpc) is 2.74. The third-order valence-corrected chi connectivity index (χ3v) is 5.35. The van der Waals surface area contributed by atoms with Gasteiger partial charge in [0.2, 0.25) is 0 Å². The summed E-state index contributed by atoms with van der Waals surface area (Å²) in [6, 6.07) is 12.3. The van der Waals surface area contributed by atoms with Crippen LogP contribution in [0.25, 0.3) is 0 Å². The summed E-state index contributed by atoms with van der Waals surface area (Å²) < 4.78 is 5.38. The average molecular weight is 366 g/mol. The van der Waals surface area contributed by atoms with E-state index in [4.69, 9.17) is 4.74 Å². The van der Waals surface area contributed by atoms with Crippen molar-refractivity contribution in [1.82, 2.24) is 9.88 Å². The summed E-state index contributed by atoms with van der Waals surface area (Å²) in [4.78, 5) is 23.8. The van der Waals surface area contributed by atoms with Crippen molar-refractivity contribution in [2.75, 3.05) is 62.3 Å². The van der Waals surface area contributed by atoms with E-state index < -0.39 is 0 Å². The Morgan fingerprint density at radius 1 is 0.926 bits per heavy atom. The van der Waals surface area contributed by atoms with Crippen molar-refractivity contribution in [3.63, 3.8) is 0 Å². The molecule has 2 saturated heterocycles. The maximum absolute atomic E-state index is 12.8. The molecule has 0 aliphatic carbocycles. The first kappa shape index (κ1) is 17.8. The first-order valence-electron chi connectivity index (χ1n) is 9.61. The molecule has 2 aromatic rings. The number of benzene rings is 1. The van der Waals surface area contributed by atoms with Crippen molar-refractivity contribution >= 4 is 17.4 Å². The fourth-order valence-corrected chi connectivity index (χ4v) is 3.74. The molecule has 1 aromatic heterocycles. The van der Waals surface area contributed by atoms with E-state index in [9.17, 15) is 4.79 Å². The van der Waals surface area contributed by atoms with Crippen LogP contribution in [-0.4, -0.2) is 68.3 Å². The summed E-state index contributed by atoms with van der Waals surface area (Å²) >= 11 is 0. The van der Waals surface area contributed by atoms with Crippen LogP contribution in [0.15, 0.2) is 42.6 Å². The summed E-state index contributed by atoms with van der Waals surface area (Å²) in [6.45, 7) is 8.47. The molecule has 0 atom stereocenters. The number of carbonyl (C=O) groups is 1. The van der Waals surface area contributed by atoms with Crippen molar-refractivity contribution in [3.05, 3.63) is 53.7 Å². The van der Waals surface area contributed by atoms with E-state index in [0.717, 1.165) is 58.3 Å². The van der Waals surface area contributed by atoms with Gasteiger partial charge >= 0.3 is 0 Å². The molecule has 6 heteroatoms. The Morgan fingerprint density at radius 3 is 2.33 bits per heavy atom. The minimum Gasteiger partial charge on any atom is -0.378 e. The van der Waals surface area contributed by atoms with Gasteiger partial charge in [0.05, 0.1) is 18.8 Å². The Kier molecular flexibility index (Phi) is 5.25. The standard InChI is InChI=1S/C21H26N4O2/c1-17-4-2-3-5-19(17)23-8-10-25(11-9-23)21(26)18-6-7-20(22-16-18)24-12-14-27-15-13-24/h2-7,16H,8-15H2,1H3. The SMILES string of the molecule is Cc1ccccc1N1CCN(C(=O)c2ccc(N3CCOCC3)nc2)CC1. The van der Waals surface area contributed by atoms with Crippen LogP contribution >= 0.6 is 0 Å². The van der Waals surface area contributed by atoms with E-state index in [0.29, 0.717) is 5.56 Å². The quantitative estimate of drug-likeness (QED) is 0.833. The zero-order chi connectivity index (χ0) is 18.6. The van der Waals surface area contributed by atoms with Gasteiger partial charge in [-0.15, -0.1) is 0 Å². The zero-order valence-corrected chi connectivity index (χ0v) is 15.8. The number of anilines is 2. The number of piperazine rings is 1. The van der Waals surface area contributed by atoms with Gasteiger partial charge in [-0.1, -0.05) is 18.2 Å². The third kappa shape index (κ3) is 3.90. The lowest BCUT2D eigenvalue weighted by Crippen LogP contribution is -2.49. The molecule has 6 nitrogen and oxygen atoms in total. The van der Waals surface area contributed by atoms with Crippen molar-refractivity contribution in [1.29, 1.82) is 0 Å². The van der Waals surface area contributed by atoms with E-state index in [1.54, 1.807) is 6.20 Å². The highest BCUT2D eigenvalue weighted by Crippen LogP contribution is 2.21. The molecule has 2 aliphatic rings. The number of amides is 1. The largest absolute Gasteiger partial charge is 0.378 e. The van der Waals surface area contributed by atoms with Crippen molar-refractivity contribution in [3.8, 4) is 0 Å². The van der Waals surface area contributed by atoms with Gasteiger partial charge in [-0.25, -0.2) is 4.98 Å². The van der Waals surface area contributed by atoms with Crippen LogP contribution in [0.3, 0.4) is 0 Å². The number of hydrogen-bond donors (Lipinski definition) is 0. The van der Waals surface area contributed by atoms with E-state index in [2.05, 4.69) is 46.0 Å². The lowest BCUT2D eigenvalue weighted by Gasteiger charge is -2.36. The second-order valence-corrected chi connectivity index (χ2v) is 7.07. The van der Waals surface area contributed by atoms with Gasteiger partial charge in [-0.3, -0.25) is 4.79 Å². The second kappa shape index (κ2) is 7.96. The van der Waals surface area contributed by atoms with Crippen LogP contribution < -0.4 is 9.80 Å². The van der Waals surface area contributed by atoms with Crippen LogP contribution in [0.1, 0.15) is 15.9 Å². The van der Waals surface area contributed by atoms with E-state index in [-0.39, 0.29) is 5.91 Å². The third-order valence-electron chi connectivity index (χ3n) is 5.35. The number of aromatic nitrogens is 1. The number of hydrogen-bond acceptors (Lipinski definition) is 5. The Labute approximate surface area is 160 Å². The van der Waals surface area contributed by atoms with Crippen molar-refractivity contribution < 1.29 is 9.53 Å². The molecule has 0 radical (unpaired) electrons. The van der Waals surface area contributed by atoms with Crippen LogP contribution in [-0.2, 0) is 4.74 Å². The second-order valence-electron chi connectivity index (χ2n) is 7.07. The van der Waals surface area contributed by atoms with Gasteiger partial charge in [-0.2, -0.15) is 0 Å². The smallest absolute Gasteiger partial charge is 0.255 e. The van der Waals surface area contributed by atoms with Gasteiger partial charge < -0.3 is 19.4 Å². The van der Waals surface area contributed by atoms with Gasteiger partial charge in [-0.05, 0) is 30.7 Å². The summed E-state index contributed by atoms with van der Waals surface area (Å²) in [5, 5.41) is 0. The minimum atomic E-state index is 0.0699. The molecule has 0 spiro atoms. The van der Waals surface area contributed by atoms with E-state index in [1.165, 1.54) is 11.3 Å². The maximum atomic E-state index is 12.8. The number of pyridine rings is 1. The summed E-state index contributed by atoms with van der Waals surface area (Å²) in [6.07, 6.45) is 1.71. The normalized spacial score (nSPS) is 17.9. The molecule has 27 heavy (non-hydrogen) atoms. The number of carbonyl (C=O) groups excluding carboxylic acids is 1. The molecule has 2 fully saturated rings. The van der Waals surface area contributed by atoms with Crippen LogP contribution in [0.4, 0.5) is 11.5 Å². The molecule has 0 N–H and O–H groups in total. The highest BCUT2D eigenvalue weighted by molar-refractivity contribution is 5.94. The van der Waals surface area contributed by atoms with Gasteiger partial charge in [0.1, 0.15) is 5.82 Å². The molecular formula is C21H26N4O2. The molecule has 142 valence electrons. The maximum Gasteiger partial charge on any atom is 0.255 e. The Balaban J connectivity index is 1.37. The van der Waals surface area contributed by atoms with E-state index >= 15 is 0 Å².